The number of halogens is 1. The van der Waals surface area contributed by atoms with Crippen LogP contribution in [0.15, 0.2) is 146 Å². The predicted octanol–water partition coefficient (Wildman–Crippen LogP) is 7.75. The van der Waals surface area contributed by atoms with Gasteiger partial charge in [-0.15, -0.1) is 0 Å². The normalized spacial score (nSPS) is 10.6. The van der Waals surface area contributed by atoms with E-state index in [2.05, 4.69) is 100 Å². The molecule has 0 saturated heterocycles. The number of H-pyrrole nitrogens is 2. The summed E-state index contributed by atoms with van der Waals surface area (Å²) >= 11 is 6.01. The molecule has 0 saturated carbocycles. The summed E-state index contributed by atoms with van der Waals surface area (Å²) in [7, 11) is -1.56. The minimum Gasteiger partial charge on any atom is -0.423 e. The third-order valence-electron chi connectivity index (χ3n) is 10.2. The van der Waals surface area contributed by atoms with Gasteiger partial charge in [-0.3, -0.25) is 9.97 Å². The van der Waals surface area contributed by atoms with E-state index in [-0.39, 0.29) is 10.7 Å². The van der Waals surface area contributed by atoms with Gasteiger partial charge >= 0.3 is 7.12 Å². The van der Waals surface area contributed by atoms with Crippen molar-refractivity contribution < 1.29 is 10.0 Å². The number of hydrogen-bond acceptors (Lipinski definition) is 12. The number of para-hydroxylation sites is 4. The zero-order valence-electron chi connectivity index (χ0n) is 34.1. The van der Waals surface area contributed by atoms with Crippen molar-refractivity contribution in [3.05, 3.63) is 174 Å². The summed E-state index contributed by atoms with van der Waals surface area (Å²) in [5.41, 5.74) is 8.31. The molecule has 64 heavy (non-hydrogen) atoms. The van der Waals surface area contributed by atoms with Crippen molar-refractivity contribution in [1.82, 2.24) is 39.9 Å². The van der Waals surface area contributed by atoms with Gasteiger partial charge in [-0.2, -0.15) is 10.5 Å². The quantitative estimate of drug-likeness (QED) is 0.0574. The summed E-state index contributed by atoms with van der Waals surface area (Å²) < 4.78 is 0. The maximum absolute atomic E-state index is 9.17. The van der Waals surface area contributed by atoms with Crippen LogP contribution < -0.4 is 16.1 Å². The van der Waals surface area contributed by atoms with E-state index in [1.165, 1.54) is 46.6 Å². The van der Waals surface area contributed by atoms with Crippen molar-refractivity contribution >= 4 is 79.4 Å². The van der Waals surface area contributed by atoms with Gasteiger partial charge < -0.3 is 30.6 Å². The van der Waals surface area contributed by atoms with Crippen molar-refractivity contribution in [2.24, 2.45) is 0 Å². The molecule has 0 aliphatic rings. The van der Waals surface area contributed by atoms with Gasteiger partial charge in [0.25, 0.3) is 0 Å². The Morgan fingerprint density at radius 1 is 0.578 bits per heavy atom. The van der Waals surface area contributed by atoms with E-state index in [0.717, 1.165) is 76.0 Å². The van der Waals surface area contributed by atoms with E-state index in [1.807, 2.05) is 66.7 Å². The zero-order chi connectivity index (χ0) is 44.3. The minimum absolute atomic E-state index is 0.226. The lowest BCUT2D eigenvalue weighted by Gasteiger charge is -2.11. The van der Waals surface area contributed by atoms with Crippen LogP contribution in [-0.2, 0) is 12.8 Å². The number of anilines is 2. The van der Waals surface area contributed by atoms with Crippen LogP contribution in [0.5, 0.6) is 0 Å². The van der Waals surface area contributed by atoms with Gasteiger partial charge in [0.05, 0.1) is 22.2 Å². The molecule has 16 heteroatoms. The Bertz CT molecular complexity index is 3310. The fourth-order valence-electron chi connectivity index (χ4n) is 7.11. The molecule has 6 heterocycles. The van der Waals surface area contributed by atoms with Gasteiger partial charge in [0, 0.05) is 93.9 Å². The molecular weight excluding hydrogens is 823 g/mol. The number of rotatable bonds is 10. The lowest BCUT2D eigenvalue weighted by Crippen LogP contribution is -2.30. The third-order valence-corrected chi connectivity index (χ3v) is 10.4. The van der Waals surface area contributed by atoms with Gasteiger partial charge in [0.15, 0.2) is 5.82 Å². The second kappa shape index (κ2) is 20.1. The smallest absolute Gasteiger partial charge is 0.423 e. The Kier molecular flexibility index (Phi) is 13.4. The molecule has 312 valence electrons. The molecular formula is C48H38BClN12O2. The lowest BCUT2D eigenvalue weighted by molar-refractivity contribution is 0.425. The van der Waals surface area contributed by atoms with Gasteiger partial charge in [-0.1, -0.05) is 60.7 Å². The first kappa shape index (κ1) is 42.5. The second-order valence-corrected chi connectivity index (χ2v) is 14.7. The lowest BCUT2D eigenvalue weighted by atomic mass is 9.81. The largest absolute Gasteiger partial charge is 0.490 e. The maximum Gasteiger partial charge on any atom is 0.490 e. The first-order chi connectivity index (χ1) is 31.4. The third kappa shape index (κ3) is 10.1. The van der Waals surface area contributed by atoms with Crippen molar-refractivity contribution in [2.75, 3.05) is 23.7 Å². The van der Waals surface area contributed by atoms with E-state index in [9.17, 15) is 5.26 Å². The molecule has 4 aromatic carbocycles. The molecule has 0 radical (unpaired) electrons. The Balaban J connectivity index is 0.000000145. The summed E-state index contributed by atoms with van der Waals surface area (Å²) in [5, 5.41) is 46.4. The summed E-state index contributed by atoms with van der Waals surface area (Å²) in [4.78, 5) is 32.4. The topological polar surface area (TPSA) is 221 Å². The highest BCUT2D eigenvalue weighted by atomic mass is 35.5. The van der Waals surface area contributed by atoms with Gasteiger partial charge in [-0.25, -0.2) is 19.9 Å². The number of fused-ring (bicyclic) bond motifs is 4. The molecule has 0 unspecified atom stereocenters. The minimum atomic E-state index is -1.56. The molecule has 14 nitrogen and oxygen atoms in total. The average molecular weight is 861 g/mol. The summed E-state index contributed by atoms with van der Waals surface area (Å²) in [6.07, 6.45) is 11.8. The first-order valence-corrected chi connectivity index (χ1v) is 20.6. The first-order valence-electron chi connectivity index (χ1n) is 20.2. The fraction of sp³-hybridized carbons (Fsp3) is 0.0833. The number of pyridine rings is 2. The number of nitrogens with zero attached hydrogens (tertiary/aromatic N) is 8. The average Bonchev–Trinajstić information content (AvgIpc) is 3.96. The molecule has 6 N–H and O–H groups in total. The molecule has 6 aromatic heterocycles. The van der Waals surface area contributed by atoms with Crippen LogP contribution >= 0.6 is 11.6 Å². The fourth-order valence-corrected chi connectivity index (χ4v) is 7.29. The van der Waals surface area contributed by atoms with E-state index in [0.29, 0.717) is 17.0 Å². The van der Waals surface area contributed by atoms with Crippen molar-refractivity contribution in [2.45, 2.75) is 12.8 Å². The SMILES string of the molecule is Clc1nc(NCCc2c[nH]c3ccccc23)c2ccccc2n1.N#Cc1cncc(-c2nc(NCCc3c[nH]c4ccccc34)c3ccccc3n2)c1.N#Cc1cncc(B(O)O)c1. The zero-order valence-corrected chi connectivity index (χ0v) is 34.9. The molecule has 0 amide bonds. The van der Waals surface area contributed by atoms with Gasteiger partial charge in [-0.05, 0) is 84.1 Å². The molecule has 0 atom stereocenters. The van der Waals surface area contributed by atoms with Crippen LogP contribution in [-0.4, -0.2) is 70.1 Å². The Morgan fingerprint density at radius 3 is 1.66 bits per heavy atom. The molecule has 0 aliphatic heterocycles. The Hall–Kier alpha value is -8.21. The van der Waals surface area contributed by atoms with Gasteiger partial charge in [0.1, 0.15) is 23.8 Å². The Labute approximate surface area is 372 Å². The number of nitrogens with one attached hydrogen (secondary N) is 4. The number of benzene rings is 4. The summed E-state index contributed by atoms with van der Waals surface area (Å²) in [5.74, 6) is 2.10. The van der Waals surface area contributed by atoms with Crippen LogP contribution in [0.2, 0.25) is 5.28 Å². The van der Waals surface area contributed by atoms with Crippen molar-refractivity contribution in [1.29, 1.82) is 10.5 Å². The van der Waals surface area contributed by atoms with E-state index in [4.69, 9.17) is 31.9 Å². The maximum atomic E-state index is 9.17. The van der Waals surface area contributed by atoms with Crippen molar-refractivity contribution in [3.63, 3.8) is 0 Å². The van der Waals surface area contributed by atoms with Crippen molar-refractivity contribution in [3.8, 4) is 23.5 Å². The highest BCUT2D eigenvalue weighted by Crippen LogP contribution is 2.26. The van der Waals surface area contributed by atoms with Crippen LogP contribution in [0.1, 0.15) is 22.3 Å². The molecule has 0 bridgehead atoms. The van der Waals surface area contributed by atoms with E-state index < -0.39 is 7.12 Å². The van der Waals surface area contributed by atoms with E-state index in [1.54, 1.807) is 12.3 Å². The number of aromatic nitrogens is 8. The molecule has 10 rings (SSSR count). The van der Waals surface area contributed by atoms with E-state index >= 15 is 0 Å². The molecule has 10 aromatic rings. The summed E-state index contributed by atoms with van der Waals surface area (Å²) in [6.45, 7) is 1.51. The summed E-state index contributed by atoms with van der Waals surface area (Å²) in [6, 6.07) is 39.5. The monoisotopic (exact) mass is 860 g/mol. The highest BCUT2D eigenvalue weighted by Gasteiger charge is 2.13. The number of aromatic amines is 2. The van der Waals surface area contributed by atoms with Crippen LogP contribution in [0, 0.1) is 22.7 Å². The standard InChI is InChI=1S/C24H18N6.C18H15ClN4.C6H5BN2O2/c25-12-16-11-18(14-26-13-16)23-29-22-8-4-2-6-20(22)24(30-23)27-10-9-17-15-28-21-7-3-1-5-19(17)21;19-18-22-16-8-4-2-6-14(16)17(23-18)20-10-9-12-11-21-15-7-3-1-5-13(12)15;8-2-5-1-6(7(10)11)4-9-3-5/h1-8,11,13-15,28H,9-10H2,(H,27,29,30);1-8,11,21H,9-10H2,(H,20,22,23);1,3-4,10-11H. The molecule has 0 fully saturated rings. The predicted molar refractivity (Wildman–Crippen MR) is 252 cm³/mol. The van der Waals surface area contributed by atoms with Crippen LogP contribution in [0.3, 0.4) is 0 Å². The number of hydrogen-bond donors (Lipinski definition) is 6. The second-order valence-electron chi connectivity index (χ2n) is 14.4. The Morgan fingerprint density at radius 2 is 1.08 bits per heavy atom. The molecule has 0 spiro atoms. The van der Waals surface area contributed by atoms with Crippen LogP contribution in [0.25, 0.3) is 55.0 Å². The molecule has 0 aliphatic carbocycles. The number of nitriles is 2. The van der Waals surface area contributed by atoms with Gasteiger partial charge in [0.2, 0.25) is 5.28 Å². The van der Waals surface area contributed by atoms with Crippen LogP contribution in [0.4, 0.5) is 11.6 Å². The highest BCUT2D eigenvalue weighted by molar-refractivity contribution is 6.58.